The van der Waals surface area contributed by atoms with Crippen molar-refractivity contribution in [1.82, 2.24) is 9.78 Å². The zero-order valence-corrected chi connectivity index (χ0v) is 10.3. The number of aliphatic hydroxyl groups is 1. The van der Waals surface area contributed by atoms with Gasteiger partial charge >= 0.3 is 5.97 Å². The van der Waals surface area contributed by atoms with E-state index in [2.05, 4.69) is 10.4 Å². The number of nitrogens with zero attached hydrogens (tertiary/aromatic N) is 2. The minimum absolute atomic E-state index is 0.0887. The van der Waals surface area contributed by atoms with Crippen molar-refractivity contribution in [2.45, 2.75) is 19.4 Å². The molecule has 7 nitrogen and oxygen atoms in total. The summed E-state index contributed by atoms with van der Waals surface area (Å²) in [5.41, 5.74) is 6.08. The molecule has 4 N–H and O–H groups in total. The Kier molecular flexibility index (Phi) is 3.71. The Balaban J connectivity index is 2.22. The van der Waals surface area contributed by atoms with Gasteiger partial charge in [0.25, 0.3) is 0 Å². The number of esters is 1. The van der Waals surface area contributed by atoms with Gasteiger partial charge in [0.2, 0.25) is 0 Å². The molecule has 1 aliphatic carbocycles. The van der Waals surface area contributed by atoms with Crippen LogP contribution in [0.5, 0.6) is 0 Å². The Morgan fingerprint density at radius 2 is 2.39 bits per heavy atom. The van der Waals surface area contributed by atoms with Crippen molar-refractivity contribution in [1.29, 1.82) is 0 Å². The van der Waals surface area contributed by atoms with E-state index in [-0.39, 0.29) is 24.5 Å². The van der Waals surface area contributed by atoms with Crippen molar-refractivity contribution in [2.24, 2.45) is 5.92 Å². The number of ether oxygens (including phenoxy) is 1. The number of nitrogens with two attached hydrogens (primary N) is 1. The number of carbonyl (C=O) groups is 1. The van der Waals surface area contributed by atoms with Gasteiger partial charge in [0.1, 0.15) is 11.4 Å². The highest BCUT2D eigenvalue weighted by atomic mass is 16.5. The van der Waals surface area contributed by atoms with Crippen molar-refractivity contribution in [3.8, 4) is 0 Å². The van der Waals surface area contributed by atoms with Crippen LogP contribution in [0.15, 0.2) is 0 Å². The van der Waals surface area contributed by atoms with Gasteiger partial charge in [0.15, 0.2) is 5.82 Å². The van der Waals surface area contributed by atoms with Gasteiger partial charge in [0, 0.05) is 6.54 Å². The van der Waals surface area contributed by atoms with Crippen LogP contribution in [0.25, 0.3) is 0 Å². The molecule has 0 amide bonds. The minimum atomic E-state index is -0.519. The highest BCUT2D eigenvalue weighted by Crippen LogP contribution is 2.30. The van der Waals surface area contributed by atoms with E-state index in [1.165, 1.54) is 24.6 Å². The summed E-state index contributed by atoms with van der Waals surface area (Å²) in [5, 5.41) is 16.2. The summed E-state index contributed by atoms with van der Waals surface area (Å²) in [6.45, 7) is 0.940. The molecule has 2 rings (SSSR count). The molecule has 0 aromatic carbocycles. The fourth-order valence-electron chi connectivity index (χ4n) is 1.73. The lowest BCUT2D eigenvalue weighted by Gasteiger charge is -2.03. The summed E-state index contributed by atoms with van der Waals surface area (Å²) < 4.78 is 6.10. The van der Waals surface area contributed by atoms with Gasteiger partial charge in [-0.25, -0.2) is 9.48 Å². The number of rotatable bonds is 6. The summed E-state index contributed by atoms with van der Waals surface area (Å²) in [4.78, 5) is 11.7. The molecule has 1 aromatic heterocycles. The standard InChI is InChI=1S/C11H18N4O3/c1-18-11(17)8-9(12)15(4-5-16)14-10(8)13-6-7-2-3-7/h7,16H,2-6,12H2,1H3,(H,13,14). The molecule has 18 heavy (non-hydrogen) atoms. The third-order valence-electron chi connectivity index (χ3n) is 2.95. The van der Waals surface area contributed by atoms with E-state index in [1.807, 2.05) is 0 Å². The number of methoxy groups -OCH3 is 1. The molecule has 0 atom stereocenters. The third-order valence-corrected chi connectivity index (χ3v) is 2.95. The second-order valence-electron chi connectivity index (χ2n) is 4.37. The predicted molar refractivity (Wildman–Crippen MR) is 66.3 cm³/mol. The van der Waals surface area contributed by atoms with Crippen molar-refractivity contribution < 1.29 is 14.6 Å². The number of hydrogen-bond acceptors (Lipinski definition) is 6. The molecule has 0 spiro atoms. The smallest absolute Gasteiger partial charge is 0.345 e. The molecule has 1 aromatic rings. The Morgan fingerprint density at radius 1 is 1.67 bits per heavy atom. The largest absolute Gasteiger partial charge is 0.465 e. The number of aliphatic hydroxyl groups excluding tert-OH is 1. The van der Waals surface area contributed by atoms with E-state index >= 15 is 0 Å². The second kappa shape index (κ2) is 5.26. The van der Waals surface area contributed by atoms with E-state index in [0.29, 0.717) is 11.7 Å². The minimum Gasteiger partial charge on any atom is -0.465 e. The van der Waals surface area contributed by atoms with E-state index in [9.17, 15) is 4.79 Å². The topological polar surface area (TPSA) is 102 Å². The van der Waals surface area contributed by atoms with Crippen LogP contribution < -0.4 is 11.1 Å². The van der Waals surface area contributed by atoms with E-state index in [1.54, 1.807) is 0 Å². The highest BCUT2D eigenvalue weighted by Gasteiger charge is 2.26. The first-order valence-corrected chi connectivity index (χ1v) is 5.96. The van der Waals surface area contributed by atoms with E-state index in [4.69, 9.17) is 15.6 Å². The number of anilines is 2. The monoisotopic (exact) mass is 254 g/mol. The van der Waals surface area contributed by atoms with Gasteiger partial charge in [-0.2, -0.15) is 5.10 Å². The molecule has 0 unspecified atom stereocenters. The molecule has 1 saturated carbocycles. The van der Waals surface area contributed by atoms with Crippen LogP contribution in [0.3, 0.4) is 0 Å². The van der Waals surface area contributed by atoms with Crippen LogP contribution in [0.1, 0.15) is 23.2 Å². The van der Waals surface area contributed by atoms with Gasteiger partial charge in [-0.15, -0.1) is 0 Å². The van der Waals surface area contributed by atoms with Crippen LogP contribution in [-0.4, -0.2) is 41.1 Å². The average molecular weight is 254 g/mol. The maximum absolute atomic E-state index is 11.7. The van der Waals surface area contributed by atoms with Crippen molar-refractivity contribution in [3.63, 3.8) is 0 Å². The summed E-state index contributed by atoms with van der Waals surface area (Å²) in [7, 11) is 1.30. The SMILES string of the molecule is COC(=O)c1c(NCC2CC2)nn(CCO)c1N. The summed E-state index contributed by atoms with van der Waals surface area (Å²) in [6.07, 6.45) is 2.40. The fraction of sp³-hybridized carbons (Fsp3) is 0.636. The fourth-order valence-corrected chi connectivity index (χ4v) is 1.73. The summed E-state index contributed by atoms with van der Waals surface area (Å²) >= 11 is 0. The normalized spacial score (nSPS) is 14.6. The molecule has 0 saturated heterocycles. The second-order valence-corrected chi connectivity index (χ2v) is 4.37. The van der Waals surface area contributed by atoms with Crippen molar-refractivity contribution in [3.05, 3.63) is 5.56 Å². The van der Waals surface area contributed by atoms with E-state index < -0.39 is 5.97 Å². The molecule has 7 heteroatoms. The molecule has 0 bridgehead atoms. The van der Waals surface area contributed by atoms with Crippen LogP contribution >= 0.6 is 0 Å². The number of aromatic nitrogens is 2. The lowest BCUT2D eigenvalue weighted by atomic mass is 10.3. The van der Waals surface area contributed by atoms with Gasteiger partial charge < -0.3 is 20.9 Å². The molecule has 1 fully saturated rings. The quantitative estimate of drug-likeness (QED) is 0.621. The molecule has 100 valence electrons. The number of nitrogens with one attached hydrogen (secondary N) is 1. The first kappa shape index (κ1) is 12.7. The molecular formula is C11H18N4O3. The lowest BCUT2D eigenvalue weighted by molar-refractivity contribution is 0.0603. The Hall–Kier alpha value is -1.76. The number of hydrogen-bond donors (Lipinski definition) is 3. The van der Waals surface area contributed by atoms with Crippen molar-refractivity contribution >= 4 is 17.6 Å². The molecule has 1 aliphatic rings. The van der Waals surface area contributed by atoms with Crippen LogP contribution in [0.2, 0.25) is 0 Å². The number of nitrogen functional groups attached to an aromatic ring is 1. The van der Waals surface area contributed by atoms with Crippen LogP contribution in [-0.2, 0) is 11.3 Å². The Morgan fingerprint density at radius 3 is 2.94 bits per heavy atom. The predicted octanol–water partition coefficient (Wildman–Crippen LogP) is 0.0661. The maximum Gasteiger partial charge on any atom is 0.345 e. The Labute approximate surface area is 105 Å². The van der Waals surface area contributed by atoms with Crippen molar-refractivity contribution in [2.75, 3.05) is 31.3 Å². The number of carbonyl (C=O) groups excluding carboxylic acids is 1. The molecule has 0 aliphatic heterocycles. The van der Waals surface area contributed by atoms with Gasteiger partial charge in [-0.05, 0) is 18.8 Å². The van der Waals surface area contributed by atoms with Gasteiger partial charge in [0.05, 0.1) is 20.3 Å². The average Bonchev–Trinajstić information content (AvgIpc) is 3.13. The Bertz CT molecular complexity index is 440. The first-order valence-electron chi connectivity index (χ1n) is 5.96. The van der Waals surface area contributed by atoms with E-state index in [0.717, 1.165) is 6.54 Å². The molecular weight excluding hydrogens is 236 g/mol. The zero-order chi connectivity index (χ0) is 13.1. The zero-order valence-electron chi connectivity index (χ0n) is 10.3. The lowest BCUT2D eigenvalue weighted by Crippen LogP contribution is -2.11. The van der Waals surface area contributed by atoms with Crippen LogP contribution in [0.4, 0.5) is 11.6 Å². The maximum atomic E-state index is 11.7. The summed E-state index contributed by atoms with van der Waals surface area (Å²) in [5.74, 6) is 0.781. The highest BCUT2D eigenvalue weighted by molar-refractivity contribution is 5.99. The third kappa shape index (κ3) is 2.56. The van der Waals surface area contributed by atoms with Crippen LogP contribution in [0, 0.1) is 5.92 Å². The molecule has 0 radical (unpaired) electrons. The summed E-state index contributed by atoms with van der Waals surface area (Å²) in [6, 6.07) is 0. The van der Waals surface area contributed by atoms with Gasteiger partial charge in [-0.3, -0.25) is 0 Å². The van der Waals surface area contributed by atoms with Gasteiger partial charge in [-0.1, -0.05) is 0 Å². The first-order chi connectivity index (χ1) is 8.67. The molecule has 1 heterocycles.